The first-order valence-corrected chi connectivity index (χ1v) is 10.9. The lowest BCUT2D eigenvalue weighted by Gasteiger charge is -2.13. The summed E-state index contributed by atoms with van der Waals surface area (Å²) in [4.78, 5) is 25.6. The Bertz CT molecular complexity index is 1400. The molecule has 0 saturated heterocycles. The Balaban J connectivity index is 1.36. The Kier molecular flexibility index (Phi) is 5.60. The van der Waals surface area contributed by atoms with Gasteiger partial charge in [-0.1, -0.05) is 23.4 Å². The van der Waals surface area contributed by atoms with E-state index in [1.54, 1.807) is 15.3 Å². The van der Waals surface area contributed by atoms with Crippen LogP contribution in [0.25, 0.3) is 16.7 Å². The van der Waals surface area contributed by atoms with Crippen molar-refractivity contribution in [3.8, 4) is 0 Å². The molecule has 1 aliphatic rings. The topological polar surface area (TPSA) is 86.7 Å². The highest BCUT2D eigenvalue weighted by molar-refractivity contribution is 5.90. The van der Waals surface area contributed by atoms with Crippen molar-refractivity contribution in [1.29, 1.82) is 0 Å². The Labute approximate surface area is 188 Å². The number of benzene rings is 2. The van der Waals surface area contributed by atoms with Gasteiger partial charge in [0.2, 0.25) is 5.91 Å². The fourth-order valence-electron chi connectivity index (χ4n) is 4.19. The van der Waals surface area contributed by atoms with E-state index in [4.69, 9.17) is 0 Å². The summed E-state index contributed by atoms with van der Waals surface area (Å²) in [7, 11) is 0. The van der Waals surface area contributed by atoms with Crippen LogP contribution in [0.5, 0.6) is 0 Å². The van der Waals surface area contributed by atoms with Gasteiger partial charge in [-0.05, 0) is 62.1 Å². The maximum atomic E-state index is 13.3. The summed E-state index contributed by atoms with van der Waals surface area (Å²) in [5.41, 5.74) is 3.72. The largest absolute Gasteiger partial charge is 0.333 e. The monoisotopic (exact) mass is 446 g/mol. The van der Waals surface area contributed by atoms with Crippen LogP contribution in [0.15, 0.2) is 65.6 Å². The fourth-order valence-corrected chi connectivity index (χ4v) is 4.19. The third-order valence-corrected chi connectivity index (χ3v) is 5.73. The number of nitrogens with zero attached hydrogens (tertiary/aromatic N) is 5. The number of allylic oxidation sites excluding steroid dienone is 2. The van der Waals surface area contributed by atoms with Crippen LogP contribution < -0.4 is 11.0 Å². The van der Waals surface area contributed by atoms with Crippen LogP contribution in [0.4, 0.5) is 10.1 Å². The number of carbonyl (C=O) groups excluding carboxylic acids is 1. The molecule has 2 aromatic heterocycles. The number of aromatic nitrogens is 5. The zero-order chi connectivity index (χ0) is 22.8. The maximum Gasteiger partial charge on any atom is 0.333 e. The molecule has 0 bridgehead atoms. The first-order valence-electron chi connectivity index (χ1n) is 10.9. The molecule has 1 amide bonds. The molecule has 2 aromatic carbocycles. The van der Waals surface area contributed by atoms with E-state index in [0.29, 0.717) is 11.4 Å². The lowest BCUT2D eigenvalue weighted by molar-refractivity contribution is -0.116. The van der Waals surface area contributed by atoms with Crippen molar-refractivity contribution < 1.29 is 9.18 Å². The van der Waals surface area contributed by atoms with Gasteiger partial charge < -0.3 is 5.32 Å². The molecule has 0 saturated carbocycles. The van der Waals surface area contributed by atoms with E-state index in [9.17, 15) is 14.0 Å². The van der Waals surface area contributed by atoms with Gasteiger partial charge in [-0.15, -0.1) is 5.10 Å². The quantitative estimate of drug-likeness (QED) is 0.490. The molecule has 4 aromatic rings. The van der Waals surface area contributed by atoms with Crippen LogP contribution in [0.3, 0.4) is 0 Å². The number of hydrogen-bond acceptors (Lipinski definition) is 4. The molecule has 1 N–H and O–H groups in total. The minimum Gasteiger partial charge on any atom is -0.324 e. The Hall–Kier alpha value is -4.01. The fraction of sp³-hybridized carbons (Fsp3) is 0.250. The van der Waals surface area contributed by atoms with E-state index in [1.165, 1.54) is 28.9 Å². The first-order chi connectivity index (χ1) is 16.1. The second-order valence-corrected chi connectivity index (χ2v) is 8.10. The number of hydrogen-bond donors (Lipinski definition) is 1. The molecule has 0 spiro atoms. The molecule has 0 fully saturated rings. The molecule has 1 aliphatic carbocycles. The average Bonchev–Trinajstić information content (AvgIpc) is 3.38. The third kappa shape index (κ3) is 4.34. The zero-order valence-electron chi connectivity index (χ0n) is 17.9. The number of fused-ring (bicyclic) bond motifs is 1. The molecule has 0 unspecified atom stereocenters. The number of para-hydroxylation sites is 2. The van der Waals surface area contributed by atoms with Crippen molar-refractivity contribution in [3.05, 3.63) is 82.8 Å². The van der Waals surface area contributed by atoms with Crippen molar-refractivity contribution in [2.24, 2.45) is 0 Å². The number of amides is 1. The Morgan fingerprint density at radius 3 is 2.61 bits per heavy atom. The third-order valence-electron chi connectivity index (χ3n) is 5.73. The van der Waals surface area contributed by atoms with Gasteiger partial charge >= 0.3 is 5.69 Å². The van der Waals surface area contributed by atoms with Crippen molar-refractivity contribution in [2.45, 2.75) is 38.8 Å². The Morgan fingerprint density at radius 1 is 1.06 bits per heavy atom. The van der Waals surface area contributed by atoms with E-state index in [0.717, 1.165) is 42.4 Å². The highest BCUT2D eigenvalue weighted by Crippen LogP contribution is 2.25. The average molecular weight is 446 g/mol. The maximum absolute atomic E-state index is 13.3. The Morgan fingerprint density at radius 2 is 1.85 bits per heavy atom. The summed E-state index contributed by atoms with van der Waals surface area (Å²) < 4.78 is 17.9. The molecule has 5 rings (SSSR count). The van der Waals surface area contributed by atoms with Crippen LogP contribution in [-0.4, -0.2) is 30.0 Å². The first kappa shape index (κ1) is 20.9. The van der Waals surface area contributed by atoms with Crippen LogP contribution in [0.1, 0.15) is 31.4 Å². The summed E-state index contributed by atoms with van der Waals surface area (Å²) in [6, 6.07) is 13.3. The van der Waals surface area contributed by atoms with Crippen LogP contribution >= 0.6 is 0 Å². The van der Waals surface area contributed by atoms with Gasteiger partial charge in [0.25, 0.3) is 0 Å². The smallest absolute Gasteiger partial charge is 0.324 e. The molecular formula is C24H23FN6O2. The van der Waals surface area contributed by atoms with Gasteiger partial charge in [0.1, 0.15) is 18.1 Å². The lowest BCUT2D eigenvalue weighted by Crippen LogP contribution is -2.25. The van der Waals surface area contributed by atoms with E-state index in [2.05, 4.69) is 21.7 Å². The van der Waals surface area contributed by atoms with Gasteiger partial charge in [0, 0.05) is 11.4 Å². The summed E-state index contributed by atoms with van der Waals surface area (Å²) in [6.45, 7) is 0.202. The molecular weight excluding hydrogens is 423 g/mol. The van der Waals surface area contributed by atoms with Gasteiger partial charge in [-0.2, -0.15) is 0 Å². The normalized spacial score (nSPS) is 13.8. The van der Waals surface area contributed by atoms with E-state index < -0.39 is 0 Å². The van der Waals surface area contributed by atoms with Crippen molar-refractivity contribution in [2.75, 3.05) is 5.32 Å². The number of nitrogens with one attached hydrogen (secondary N) is 1. The summed E-state index contributed by atoms with van der Waals surface area (Å²) in [5, 5.41) is 10.9. The predicted octanol–water partition coefficient (Wildman–Crippen LogP) is 3.64. The predicted molar refractivity (Wildman–Crippen MR) is 123 cm³/mol. The minimum absolute atomic E-state index is 0.0477. The minimum atomic E-state index is -0.370. The SMILES string of the molecule is O=C(Cn1cc(Cn2c(=O)n(C3=CCCCC3)c3ccccc32)nn1)Nc1ccc(F)cc1. The summed E-state index contributed by atoms with van der Waals surface area (Å²) in [6.07, 6.45) is 7.89. The molecule has 8 nitrogen and oxygen atoms in total. The highest BCUT2D eigenvalue weighted by Gasteiger charge is 2.18. The molecule has 2 heterocycles. The van der Waals surface area contributed by atoms with Crippen LogP contribution in [0, 0.1) is 5.82 Å². The molecule has 9 heteroatoms. The van der Waals surface area contributed by atoms with Gasteiger partial charge in [-0.25, -0.2) is 13.9 Å². The van der Waals surface area contributed by atoms with Crippen molar-refractivity contribution in [1.82, 2.24) is 24.1 Å². The second-order valence-electron chi connectivity index (χ2n) is 8.10. The van der Waals surface area contributed by atoms with Gasteiger partial charge in [0.15, 0.2) is 0 Å². The number of carbonyl (C=O) groups is 1. The van der Waals surface area contributed by atoms with E-state index in [1.807, 2.05) is 24.3 Å². The van der Waals surface area contributed by atoms with Crippen LogP contribution in [-0.2, 0) is 17.9 Å². The molecule has 33 heavy (non-hydrogen) atoms. The molecule has 0 radical (unpaired) electrons. The second kappa shape index (κ2) is 8.85. The zero-order valence-corrected chi connectivity index (χ0v) is 17.9. The number of imidazole rings is 1. The summed E-state index contributed by atoms with van der Waals surface area (Å²) >= 11 is 0. The molecule has 0 aliphatic heterocycles. The standard InChI is InChI=1S/C24H23FN6O2/c25-17-10-12-18(13-11-17)26-23(32)16-29-14-19(27-28-29)15-30-21-8-4-5-9-22(21)31(24(30)33)20-6-2-1-3-7-20/h4-6,8-14H,1-3,7,15-16H2,(H,26,32). The lowest BCUT2D eigenvalue weighted by atomic mass is 10.0. The van der Waals surface area contributed by atoms with Crippen molar-refractivity contribution in [3.63, 3.8) is 0 Å². The van der Waals surface area contributed by atoms with Crippen LogP contribution in [0.2, 0.25) is 0 Å². The van der Waals surface area contributed by atoms with E-state index in [-0.39, 0.29) is 30.5 Å². The summed E-state index contributed by atoms with van der Waals surface area (Å²) in [5.74, 6) is -0.679. The molecule has 168 valence electrons. The van der Waals surface area contributed by atoms with Crippen molar-refractivity contribution >= 4 is 28.3 Å². The van der Waals surface area contributed by atoms with Gasteiger partial charge in [-0.3, -0.25) is 13.9 Å². The number of anilines is 1. The van der Waals surface area contributed by atoms with Gasteiger partial charge in [0.05, 0.1) is 23.8 Å². The number of rotatable bonds is 6. The number of halogens is 1. The highest BCUT2D eigenvalue weighted by atomic mass is 19.1. The molecule has 0 atom stereocenters. The van der Waals surface area contributed by atoms with E-state index >= 15 is 0 Å².